The fourth-order valence-corrected chi connectivity index (χ4v) is 3.30. The van der Waals surface area contributed by atoms with Crippen molar-refractivity contribution >= 4 is 10.9 Å². The Morgan fingerprint density at radius 1 is 0.920 bits per heavy atom. The van der Waals surface area contributed by atoms with E-state index in [1.807, 2.05) is 18.2 Å². The number of nitrogens with zero attached hydrogens (tertiary/aromatic N) is 1. The number of methoxy groups -OCH3 is 2. The van der Waals surface area contributed by atoms with Crippen molar-refractivity contribution in [3.63, 3.8) is 0 Å². The monoisotopic (exact) mass is 337 g/mol. The summed E-state index contributed by atoms with van der Waals surface area (Å²) in [5.41, 5.74) is 4.93. The highest BCUT2D eigenvalue weighted by atomic mass is 16.7. The standard InChI is InChI=1S/C20H19NO4/c1-11-5-6-15(22-3)19-18(11)12(2)7-14(21-19)13-8-16(23-4)20-17(9-13)24-10-25-20/h5-9H,10H2,1-4H3. The lowest BCUT2D eigenvalue weighted by Crippen LogP contribution is -1.95. The summed E-state index contributed by atoms with van der Waals surface area (Å²) in [5, 5.41) is 1.12. The molecule has 2 aromatic carbocycles. The molecule has 0 saturated carbocycles. The first-order valence-electron chi connectivity index (χ1n) is 8.05. The van der Waals surface area contributed by atoms with E-state index in [-0.39, 0.29) is 6.79 Å². The van der Waals surface area contributed by atoms with Crippen LogP contribution in [0.5, 0.6) is 23.0 Å². The molecule has 0 atom stereocenters. The Balaban J connectivity index is 1.96. The van der Waals surface area contributed by atoms with Crippen LogP contribution < -0.4 is 18.9 Å². The molecule has 0 bridgehead atoms. The van der Waals surface area contributed by atoms with Gasteiger partial charge in [0.25, 0.3) is 0 Å². The highest BCUT2D eigenvalue weighted by Gasteiger charge is 2.21. The molecule has 4 rings (SSSR count). The summed E-state index contributed by atoms with van der Waals surface area (Å²) in [6.07, 6.45) is 0. The van der Waals surface area contributed by atoms with Gasteiger partial charge in [-0.05, 0) is 49.2 Å². The molecular formula is C20H19NO4. The number of ether oxygens (including phenoxy) is 4. The molecule has 5 nitrogen and oxygen atoms in total. The third-order valence-corrected chi connectivity index (χ3v) is 4.50. The van der Waals surface area contributed by atoms with Crippen molar-refractivity contribution in [2.45, 2.75) is 13.8 Å². The van der Waals surface area contributed by atoms with Gasteiger partial charge in [-0.1, -0.05) is 6.07 Å². The molecule has 5 heteroatoms. The van der Waals surface area contributed by atoms with Crippen molar-refractivity contribution in [2.75, 3.05) is 21.0 Å². The van der Waals surface area contributed by atoms with Crippen molar-refractivity contribution in [1.82, 2.24) is 4.98 Å². The van der Waals surface area contributed by atoms with Gasteiger partial charge >= 0.3 is 0 Å². The van der Waals surface area contributed by atoms with Gasteiger partial charge in [-0.15, -0.1) is 0 Å². The van der Waals surface area contributed by atoms with Crippen molar-refractivity contribution in [2.24, 2.45) is 0 Å². The Labute approximate surface area is 146 Å². The molecule has 3 aromatic rings. The Morgan fingerprint density at radius 2 is 1.72 bits per heavy atom. The maximum atomic E-state index is 5.53. The Kier molecular flexibility index (Phi) is 3.64. The summed E-state index contributed by atoms with van der Waals surface area (Å²) in [5.74, 6) is 2.71. The van der Waals surface area contributed by atoms with E-state index in [9.17, 15) is 0 Å². The third-order valence-electron chi connectivity index (χ3n) is 4.50. The Morgan fingerprint density at radius 3 is 2.48 bits per heavy atom. The number of aryl methyl sites for hydroxylation is 2. The van der Waals surface area contributed by atoms with E-state index in [0.717, 1.165) is 33.5 Å². The van der Waals surface area contributed by atoms with Crippen LogP contribution in [0, 0.1) is 13.8 Å². The van der Waals surface area contributed by atoms with Crippen LogP contribution in [0.1, 0.15) is 11.1 Å². The summed E-state index contributed by atoms with van der Waals surface area (Å²) in [6.45, 7) is 4.37. The Bertz CT molecular complexity index is 981. The summed E-state index contributed by atoms with van der Waals surface area (Å²) in [4.78, 5) is 4.86. The minimum Gasteiger partial charge on any atom is -0.494 e. The number of rotatable bonds is 3. The summed E-state index contributed by atoms with van der Waals surface area (Å²) >= 11 is 0. The van der Waals surface area contributed by atoms with E-state index in [2.05, 4.69) is 26.0 Å². The number of hydrogen-bond donors (Lipinski definition) is 0. The topological polar surface area (TPSA) is 49.8 Å². The highest BCUT2D eigenvalue weighted by molar-refractivity contribution is 5.92. The van der Waals surface area contributed by atoms with Gasteiger partial charge in [-0.25, -0.2) is 4.98 Å². The molecule has 0 amide bonds. The average Bonchev–Trinajstić information content (AvgIpc) is 3.09. The number of pyridine rings is 1. The van der Waals surface area contributed by atoms with Crippen molar-refractivity contribution in [1.29, 1.82) is 0 Å². The molecule has 0 fully saturated rings. The molecule has 0 saturated heterocycles. The van der Waals surface area contributed by atoms with Gasteiger partial charge < -0.3 is 18.9 Å². The molecule has 0 aliphatic carbocycles. The molecule has 1 aliphatic heterocycles. The number of fused-ring (bicyclic) bond motifs is 2. The number of hydrogen-bond acceptors (Lipinski definition) is 5. The fraction of sp³-hybridized carbons (Fsp3) is 0.250. The van der Waals surface area contributed by atoms with E-state index in [1.165, 1.54) is 5.56 Å². The fourth-order valence-electron chi connectivity index (χ4n) is 3.30. The van der Waals surface area contributed by atoms with E-state index < -0.39 is 0 Å². The van der Waals surface area contributed by atoms with Crippen LogP contribution in [0.25, 0.3) is 22.2 Å². The maximum Gasteiger partial charge on any atom is 0.231 e. The summed E-state index contributed by atoms with van der Waals surface area (Å²) < 4.78 is 22.0. The first-order chi connectivity index (χ1) is 12.1. The van der Waals surface area contributed by atoms with Crippen LogP contribution in [0.3, 0.4) is 0 Å². The molecule has 0 radical (unpaired) electrons. The third kappa shape index (κ3) is 2.43. The zero-order valence-electron chi connectivity index (χ0n) is 14.7. The second-order valence-electron chi connectivity index (χ2n) is 6.05. The molecule has 0 N–H and O–H groups in total. The van der Waals surface area contributed by atoms with Gasteiger partial charge in [0.15, 0.2) is 11.5 Å². The molecule has 128 valence electrons. The lowest BCUT2D eigenvalue weighted by Gasteiger charge is -2.13. The second-order valence-corrected chi connectivity index (χ2v) is 6.05. The molecular weight excluding hydrogens is 318 g/mol. The van der Waals surface area contributed by atoms with E-state index in [1.54, 1.807) is 14.2 Å². The largest absolute Gasteiger partial charge is 0.494 e. The Hall–Kier alpha value is -2.95. The van der Waals surface area contributed by atoms with Gasteiger partial charge in [-0.3, -0.25) is 0 Å². The molecule has 1 aliphatic rings. The van der Waals surface area contributed by atoms with Gasteiger partial charge in [-0.2, -0.15) is 0 Å². The van der Waals surface area contributed by atoms with Gasteiger partial charge in [0.1, 0.15) is 11.3 Å². The highest BCUT2D eigenvalue weighted by Crippen LogP contribution is 2.44. The van der Waals surface area contributed by atoms with Gasteiger partial charge in [0.05, 0.1) is 19.9 Å². The summed E-state index contributed by atoms with van der Waals surface area (Å²) in [7, 11) is 3.28. The SMILES string of the molecule is COc1cc(-c2cc(C)c3c(C)ccc(OC)c3n2)cc2c1OCO2. The first kappa shape index (κ1) is 15.6. The van der Waals surface area contributed by atoms with Gasteiger partial charge in [0.2, 0.25) is 12.5 Å². The number of aromatic nitrogens is 1. The minimum absolute atomic E-state index is 0.201. The van der Waals surface area contributed by atoms with Crippen molar-refractivity contribution < 1.29 is 18.9 Å². The molecule has 0 spiro atoms. The number of benzene rings is 2. The quantitative estimate of drug-likeness (QED) is 0.714. The van der Waals surface area contributed by atoms with Crippen LogP contribution in [-0.4, -0.2) is 26.0 Å². The maximum absolute atomic E-state index is 5.53. The second kappa shape index (κ2) is 5.84. The average molecular weight is 337 g/mol. The van der Waals surface area contributed by atoms with Crippen molar-refractivity contribution in [3.05, 3.63) is 41.5 Å². The van der Waals surface area contributed by atoms with E-state index in [0.29, 0.717) is 17.2 Å². The normalized spacial score (nSPS) is 12.5. The predicted octanol–water partition coefficient (Wildman–Crippen LogP) is 4.26. The molecule has 25 heavy (non-hydrogen) atoms. The molecule has 2 heterocycles. The zero-order valence-corrected chi connectivity index (χ0v) is 14.7. The van der Waals surface area contributed by atoms with Crippen LogP contribution in [0.2, 0.25) is 0 Å². The minimum atomic E-state index is 0.201. The first-order valence-corrected chi connectivity index (χ1v) is 8.05. The van der Waals surface area contributed by atoms with Crippen molar-refractivity contribution in [3.8, 4) is 34.3 Å². The van der Waals surface area contributed by atoms with Crippen LogP contribution in [0.4, 0.5) is 0 Å². The predicted molar refractivity (Wildman–Crippen MR) is 95.9 cm³/mol. The molecule has 1 aromatic heterocycles. The summed E-state index contributed by atoms with van der Waals surface area (Å²) in [6, 6.07) is 9.93. The van der Waals surface area contributed by atoms with Crippen LogP contribution in [0.15, 0.2) is 30.3 Å². The van der Waals surface area contributed by atoms with Gasteiger partial charge in [0, 0.05) is 10.9 Å². The van der Waals surface area contributed by atoms with Crippen LogP contribution in [-0.2, 0) is 0 Å². The smallest absolute Gasteiger partial charge is 0.231 e. The van der Waals surface area contributed by atoms with Crippen LogP contribution >= 0.6 is 0 Å². The lowest BCUT2D eigenvalue weighted by molar-refractivity contribution is 0.171. The molecule has 0 unspecified atom stereocenters. The zero-order chi connectivity index (χ0) is 17.6. The lowest BCUT2D eigenvalue weighted by atomic mass is 10.0. The van der Waals surface area contributed by atoms with E-state index >= 15 is 0 Å². The van der Waals surface area contributed by atoms with E-state index in [4.69, 9.17) is 23.9 Å².